The van der Waals surface area contributed by atoms with Gasteiger partial charge in [0, 0.05) is 56.1 Å². The fourth-order valence-corrected chi connectivity index (χ4v) is 4.02. The molecular formula is C24H31N5O4. The minimum Gasteiger partial charge on any atom is -0.497 e. The van der Waals surface area contributed by atoms with Gasteiger partial charge in [0.2, 0.25) is 0 Å². The maximum atomic E-state index is 12.5. The molecule has 2 N–H and O–H groups in total. The summed E-state index contributed by atoms with van der Waals surface area (Å²) in [6.07, 6.45) is 2.88. The minimum absolute atomic E-state index is 0.0516. The molecule has 2 fully saturated rings. The first-order valence-electron chi connectivity index (χ1n) is 11.5. The molecule has 0 radical (unpaired) electrons. The summed E-state index contributed by atoms with van der Waals surface area (Å²) in [6.45, 7) is 5.31. The molecule has 1 amide bonds. The van der Waals surface area contributed by atoms with Crippen LogP contribution in [0.1, 0.15) is 29.6 Å². The topological polar surface area (TPSA) is 100.0 Å². The average Bonchev–Trinajstić information content (AvgIpc) is 3.66. The molecule has 1 aliphatic carbocycles. The Morgan fingerprint density at radius 3 is 2.48 bits per heavy atom. The van der Waals surface area contributed by atoms with Crippen LogP contribution in [-0.2, 0) is 0 Å². The lowest BCUT2D eigenvalue weighted by Crippen LogP contribution is -2.47. The molecule has 1 heterocycles. The minimum atomic E-state index is -0.437. The van der Waals surface area contributed by atoms with Crippen LogP contribution in [0.2, 0.25) is 0 Å². The molecular weight excluding hydrogens is 422 g/mol. The van der Waals surface area contributed by atoms with Crippen molar-refractivity contribution in [2.75, 3.05) is 56.6 Å². The van der Waals surface area contributed by atoms with Crippen molar-refractivity contribution in [3.05, 3.63) is 58.1 Å². The number of methoxy groups -OCH3 is 1. The number of anilines is 2. The van der Waals surface area contributed by atoms with E-state index in [0.717, 1.165) is 57.7 Å². The van der Waals surface area contributed by atoms with E-state index < -0.39 is 4.92 Å². The predicted octanol–water partition coefficient (Wildman–Crippen LogP) is 3.12. The van der Waals surface area contributed by atoms with Crippen LogP contribution in [-0.4, -0.2) is 68.2 Å². The van der Waals surface area contributed by atoms with E-state index in [9.17, 15) is 14.9 Å². The van der Waals surface area contributed by atoms with Gasteiger partial charge in [0.05, 0.1) is 12.0 Å². The molecule has 176 valence electrons. The van der Waals surface area contributed by atoms with Gasteiger partial charge in [0.25, 0.3) is 11.6 Å². The molecule has 1 aliphatic heterocycles. The molecule has 2 aliphatic rings. The van der Waals surface area contributed by atoms with Crippen molar-refractivity contribution in [2.45, 2.75) is 25.3 Å². The molecule has 0 bridgehead atoms. The predicted molar refractivity (Wildman–Crippen MR) is 128 cm³/mol. The molecule has 0 atom stereocenters. The van der Waals surface area contributed by atoms with E-state index in [1.54, 1.807) is 19.2 Å². The van der Waals surface area contributed by atoms with Crippen molar-refractivity contribution in [1.82, 2.24) is 10.2 Å². The van der Waals surface area contributed by atoms with Crippen molar-refractivity contribution in [2.24, 2.45) is 0 Å². The Labute approximate surface area is 193 Å². The zero-order valence-corrected chi connectivity index (χ0v) is 19.0. The summed E-state index contributed by atoms with van der Waals surface area (Å²) in [5, 5.41) is 17.4. The van der Waals surface area contributed by atoms with E-state index in [1.165, 1.54) is 11.8 Å². The number of carbonyl (C=O) groups excluding carboxylic acids is 1. The summed E-state index contributed by atoms with van der Waals surface area (Å²) >= 11 is 0. The first-order chi connectivity index (χ1) is 16.0. The second-order valence-corrected chi connectivity index (χ2v) is 8.54. The van der Waals surface area contributed by atoms with Crippen molar-refractivity contribution in [3.8, 4) is 5.75 Å². The first kappa shape index (κ1) is 22.8. The third-order valence-electron chi connectivity index (χ3n) is 6.14. The van der Waals surface area contributed by atoms with Crippen LogP contribution < -0.4 is 20.3 Å². The highest BCUT2D eigenvalue weighted by Crippen LogP contribution is 2.31. The van der Waals surface area contributed by atoms with Crippen LogP contribution in [0.4, 0.5) is 17.1 Å². The number of rotatable bonds is 10. The van der Waals surface area contributed by atoms with Crippen LogP contribution in [0.25, 0.3) is 0 Å². The van der Waals surface area contributed by atoms with Crippen molar-refractivity contribution >= 4 is 23.0 Å². The first-order valence-corrected chi connectivity index (χ1v) is 11.5. The molecule has 2 aromatic rings. The quantitative estimate of drug-likeness (QED) is 0.324. The largest absolute Gasteiger partial charge is 0.497 e. The van der Waals surface area contributed by atoms with Gasteiger partial charge in [-0.05, 0) is 62.2 Å². The summed E-state index contributed by atoms with van der Waals surface area (Å²) in [7, 11) is 1.67. The van der Waals surface area contributed by atoms with Crippen LogP contribution in [0, 0.1) is 10.1 Å². The number of hydrogen-bond acceptors (Lipinski definition) is 7. The van der Waals surface area contributed by atoms with E-state index in [2.05, 4.69) is 32.6 Å². The highest BCUT2D eigenvalue weighted by molar-refractivity contribution is 5.95. The van der Waals surface area contributed by atoms with Crippen LogP contribution in [0.3, 0.4) is 0 Å². The maximum absolute atomic E-state index is 12.5. The second kappa shape index (κ2) is 10.5. The molecule has 1 saturated carbocycles. The number of nitro benzene ring substituents is 1. The van der Waals surface area contributed by atoms with Gasteiger partial charge in [-0.25, -0.2) is 0 Å². The summed E-state index contributed by atoms with van der Waals surface area (Å²) < 4.78 is 5.22. The third-order valence-corrected chi connectivity index (χ3v) is 6.14. The molecule has 9 heteroatoms. The Kier molecular flexibility index (Phi) is 7.29. The van der Waals surface area contributed by atoms with Crippen molar-refractivity contribution in [3.63, 3.8) is 0 Å². The Morgan fingerprint density at radius 1 is 1.12 bits per heavy atom. The molecule has 1 saturated heterocycles. The number of hydrogen-bond donors (Lipinski definition) is 2. The molecule has 0 aromatic heterocycles. The Bertz CT molecular complexity index is 969. The van der Waals surface area contributed by atoms with E-state index in [0.29, 0.717) is 23.8 Å². The average molecular weight is 454 g/mol. The molecule has 9 nitrogen and oxygen atoms in total. The normalized spacial score (nSPS) is 16.3. The summed E-state index contributed by atoms with van der Waals surface area (Å²) in [6, 6.07) is 13.1. The Hall–Kier alpha value is -3.33. The number of nitro groups is 1. The number of piperazine rings is 1. The molecule has 4 rings (SSSR count). The zero-order chi connectivity index (χ0) is 23.2. The van der Waals surface area contributed by atoms with Gasteiger partial charge in [-0.15, -0.1) is 0 Å². The standard InChI is InChI=1S/C24H31N5O4/c1-33-21-8-6-20(7-9-21)28-15-13-27(14-16-28)12-2-11-25-24(30)18-3-10-22(26-19-4-5-19)23(17-18)29(31)32/h3,6-10,17,19,26H,2,4-5,11-16H2,1H3,(H,25,30). The van der Waals surface area contributed by atoms with Gasteiger partial charge in [0.15, 0.2) is 0 Å². The SMILES string of the molecule is COc1ccc(N2CCN(CCCNC(=O)c3ccc(NC4CC4)c([N+](=O)[O-])c3)CC2)cc1. The Morgan fingerprint density at radius 2 is 1.85 bits per heavy atom. The highest BCUT2D eigenvalue weighted by Gasteiger charge is 2.25. The van der Waals surface area contributed by atoms with Crippen molar-refractivity contribution in [1.29, 1.82) is 0 Å². The van der Waals surface area contributed by atoms with Gasteiger partial charge in [-0.3, -0.25) is 19.8 Å². The van der Waals surface area contributed by atoms with E-state index in [4.69, 9.17) is 4.74 Å². The van der Waals surface area contributed by atoms with E-state index in [-0.39, 0.29) is 11.6 Å². The second-order valence-electron chi connectivity index (χ2n) is 8.54. The number of carbonyl (C=O) groups is 1. The van der Waals surface area contributed by atoms with Crippen molar-refractivity contribution < 1.29 is 14.5 Å². The number of nitrogens with zero attached hydrogens (tertiary/aromatic N) is 3. The van der Waals surface area contributed by atoms with Gasteiger partial charge in [-0.1, -0.05) is 0 Å². The van der Waals surface area contributed by atoms with E-state index in [1.807, 2.05) is 12.1 Å². The highest BCUT2D eigenvalue weighted by atomic mass is 16.6. The molecule has 0 unspecified atom stereocenters. The Balaban J connectivity index is 1.19. The fraction of sp³-hybridized carbons (Fsp3) is 0.458. The van der Waals surface area contributed by atoms with Gasteiger partial charge >= 0.3 is 0 Å². The monoisotopic (exact) mass is 453 g/mol. The van der Waals surface area contributed by atoms with Gasteiger partial charge in [-0.2, -0.15) is 0 Å². The summed E-state index contributed by atoms with van der Waals surface area (Å²) in [5.74, 6) is 0.584. The van der Waals surface area contributed by atoms with Crippen LogP contribution in [0.5, 0.6) is 5.75 Å². The maximum Gasteiger partial charge on any atom is 0.293 e. The summed E-state index contributed by atoms with van der Waals surface area (Å²) in [5.41, 5.74) is 1.95. The zero-order valence-electron chi connectivity index (χ0n) is 19.0. The van der Waals surface area contributed by atoms with Gasteiger partial charge < -0.3 is 20.3 Å². The lowest BCUT2D eigenvalue weighted by molar-refractivity contribution is -0.384. The summed E-state index contributed by atoms with van der Waals surface area (Å²) in [4.78, 5) is 28.2. The number of ether oxygens (including phenoxy) is 1. The van der Waals surface area contributed by atoms with E-state index >= 15 is 0 Å². The van der Waals surface area contributed by atoms with Crippen LogP contribution in [0.15, 0.2) is 42.5 Å². The molecule has 2 aromatic carbocycles. The number of benzene rings is 2. The molecule has 33 heavy (non-hydrogen) atoms. The smallest absolute Gasteiger partial charge is 0.293 e. The lowest BCUT2D eigenvalue weighted by atomic mass is 10.1. The molecule has 0 spiro atoms. The fourth-order valence-electron chi connectivity index (χ4n) is 4.02. The lowest BCUT2D eigenvalue weighted by Gasteiger charge is -2.36. The van der Waals surface area contributed by atoms with Crippen LogP contribution >= 0.6 is 0 Å². The number of nitrogens with one attached hydrogen (secondary N) is 2. The number of amides is 1. The van der Waals surface area contributed by atoms with Gasteiger partial charge in [0.1, 0.15) is 11.4 Å². The third kappa shape index (κ3) is 6.13.